The predicted octanol–water partition coefficient (Wildman–Crippen LogP) is -3.59. The third-order valence-electron chi connectivity index (χ3n) is 0. The normalized spacial score (nSPS) is 2.33. The summed E-state index contributed by atoms with van der Waals surface area (Å²) in [5, 5.41) is 0. The summed E-state index contributed by atoms with van der Waals surface area (Å²) in [5.74, 6) is 0. The van der Waals surface area contributed by atoms with Crippen molar-refractivity contribution in [1.29, 1.82) is 0 Å². The molecular formula is CHLiNiO3. The van der Waals surface area contributed by atoms with E-state index in [0.717, 1.165) is 0 Å². The average molecular weight is 127 g/mol. The van der Waals surface area contributed by atoms with Crippen LogP contribution in [-0.4, -0.2) is 6.15 Å². The van der Waals surface area contributed by atoms with E-state index in [1.165, 1.54) is 0 Å². The molecule has 0 fully saturated rings. The van der Waals surface area contributed by atoms with Gasteiger partial charge in [0.25, 0.3) is 0 Å². The summed E-state index contributed by atoms with van der Waals surface area (Å²) in [7, 11) is 0. The van der Waals surface area contributed by atoms with E-state index in [2.05, 4.69) is 15.4 Å². The van der Waals surface area contributed by atoms with Gasteiger partial charge < -0.3 is 1.43 Å². The predicted molar refractivity (Wildman–Crippen MR) is 6.81 cm³/mol. The molecule has 0 amide bonds. The molecule has 0 aliphatic heterocycles. The maximum absolute atomic E-state index is 8.12. The van der Waals surface area contributed by atoms with Gasteiger partial charge in [-0.05, 0) is 0 Å². The summed E-state index contributed by atoms with van der Waals surface area (Å²) < 4.78 is 7.88. The van der Waals surface area contributed by atoms with Crippen molar-refractivity contribution in [2.45, 2.75) is 0 Å². The summed E-state index contributed by atoms with van der Waals surface area (Å²) in [6, 6.07) is 0. The molecule has 0 N–H and O–H groups in total. The molecule has 0 aromatic rings. The van der Waals surface area contributed by atoms with E-state index in [1.54, 1.807) is 0 Å². The van der Waals surface area contributed by atoms with Crippen LogP contribution in [0.5, 0.6) is 0 Å². The van der Waals surface area contributed by atoms with Gasteiger partial charge in [0.2, 0.25) is 0 Å². The monoisotopic (exact) mass is 126 g/mol. The van der Waals surface area contributed by atoms with E-state index in [-0.39, 0.29) is 26.4 Å². The van der Waals surface area contributed by atoms with E-state index >= 15 is 0 Å². The Morgan fingerprint density at radius 2 is 1.33 bits per heavy atom. The molecule has 6 heavy (non-hydrogen) atoms. The minimum atomic E-state index is 0. The van der Waals surface area contributed by atoms with Gasteiger partial charge in [-0.25, -0.2) is 0 Å². The Balaban J connectivity index is -0.0000000105. The number of hydrogen-bond donors (Lipinski definition) is 0. The standard InChI is InChI=1S/CO2.Li.Ni.O.H/c2-1-3;;;;/q;+1;;;-1. The van der Waals surface area contributed by atoms with Crippen molar-refractivity contribution < 1.29 is 49.2 Å². The molecule has 0 unspecified atom stereocenters. The first-order valence-electron chi connectivity index (χ1n) is 0.537. The van der Waals surface area contributed by atoms with Crippen LogP contribution in [0.1, 0.15) is 1.43 Å². The fourth-order valence-electron chi connectivity index (χ4n) is 0. The number of hydrogen-bond acceptors (Lipinski definition) is 3. The first-order valence-corrected chi connectivity index (χ1v) is 0.941. The average Bonchev–Trinajstić information content (AvgIpc) is 1.46. The first-order chi connectivity index (χ1) is 2.41. The molecule has 5 heteroatoms. The summed E-state index contributed by atoms with van der Waals surface area (Å²) >= 11 is 2.62. The van der Waals surface area contributed by atoms with Crippen LogP contribution in [0.4, 0.5) is 0 Å². The van der Waals surface area contributed by atoms with Crippen molar-refractivity contribution in [1.82, 2.24) is 0 Å². The molecule has 0 rings (SSSR count). The second kappa shape index (κ2) is 59.5. The Kier molecular flexibility index (Phi) is 162. The number of carbonyl (C=O) groups excluding carboxylic acids is 2. The molecule has 34 valence electrons. The van der Waals surface area contributed by atoms with Gasteiger partial charge in [0, 0.05) is 0 Å². The van der Waals surface area contributed by atoms with E-state index in [0.29, 0.717) is 0 Å². The topological polar surface area (TPSA) is 51.2 Å². The second-order valence-corrected chi connectivity index (χ2v) is 0.0833. The molecule has 0 spiro atoms. The first kappa shape index (κ1) is 16.3. The summed E-state index contributed by atoms with van der Waals surface area (Å²) in [6.45, 7) is 0. The van der Waals surface area contributed by atoms with Gasteiger partial charge in [0.1, 0.15) is 0 Å². The minimum absolute atomic E-state index is 0. The number of rotatable bonds is 0. The molecule has 0 saturated carbocycles. The fraction of sp³-hybridized carbons (Fsp3) is 0. The Morgan fingerprint density at radius 1 is 1.33 bits per heavy atom. The van der Waals surface area contributed by atoms with Crippen LogP contribution in [-0.2, 0) is 28.9 Å². The van der Waals surface area contributed by atoms with E-state index in [1.807, 2.05) is 0 Å². The fourth-order valence-corrected chi connectivity index (χ4v) is 0. The molecule has 0 saturated heterocycles. The molecule has 0 aromatic carbocycles. The maximum atomic E-state index is 8.12. The molecule has 0 heterocycles. The van der Waals surface area contributed by atoms with E-state index in [4.69, 9.17) is 13.5 Å². The van der Waals surface area contributed by atoms with Crippen molar-refractivity contribution >= 4 is 6.15 Å². The van der Waals surface area contributed by atoms with E-state index < -0.39 is 0 Å². The zero-order valence-corrected chi connectivity index (χ0v) is 4.03. The molecule has 0 bridgehead atoms. The van der Waals surface area contributed by atoms with Crippen LogP contribution in [0.25, 0.3) is 0 Å². The Morgan fingerprint density at radius 3 is 1.33 bits per heavy atom. The van der Waals surface area contributed by atoms with Crippen LogP contribution >= 0.6 is 0 Å². The third-order valence-corrected chi connectivity index (χ3v) is 0. The van der Waals surface area contributed by atoms with Gasteiger partial charge in [-0.1, -0.05) is 0 Å². The van der Waals surface area contributed by atoms with Gasteiger partial charge >= 0.3 is 44.3 Å². The molecule has 0 radical (unpaired) electrons. The second-order valence-electron chi connectivity index (χ2n) is 0.0833. The Hall–Kier alpha value is 0.271. The molecule has 0 atom stereocenters. The van der Waals surface area contributed by atoms with Gasteiger partial charge in [-0.2, -0.15) is 9.59 Å². The Labute approximate surface area is 55.7 Å². The summed E-state index contributed by atoms with van der Waals surface area (Å²) in [6.07, 6.45) is 0.250. The van der Waals surface area contributed by atoms with Crippen LogP contribution < -0.4 is 18.9 Å². The van der Waals surface area contributed by atoms with Crippen LogP contribution in [0, 0.1) is 0 Å². The van der Waals surface area contributed by atoms with Crippen LogP contribution in [0.2, 0.25) is 0 Å². The van der Waals surface area contributed by atoms with Gasteiger partial charge in [-0.3, -0.25) is 0 Å². The van der Waals surface area contributed by atoms with Crippen LogP contribution in [0.15, 0.2) is 0 Å². The molecule has 3 nitrogen and oxygen atoms in total. The molecular weight excluding hydrogens is 126 g/mol. The van der Waals surface area contributed by atoms with Crippen molar-refractivity contribution in [3.05, 3.63) is 0 Å². The van der Waals surface area contributed by atoms with Crippen molar-refractivity contribution in [3.8, 4) is 0 Å². The van der Waals surface area contributed by atoms with Crippen LogP contribution in [0.3, 0.4) is 0 Å². The zero-order valence-electron chi connectivity index (χ0n) is 4.04. The Bertz CT molecular complexity index is 44.2. The van der Waals surface area contributed by atoms with E-state index in [9.17, 15) is 0 Å². The quantitative estimate of drug-likeness (QED) is 0.316. The molecule has 0 aliphatic carbocycles. The van der Waals surface area contributed by atoms with Gasteiger partial charge in [0.15, 0.2) is 0 Å². The molecule has 0 aliphatic rings. The van der Waals surface area contributed by atoms with Gasteiger partial charge in [-0.15, -0.1) is 0 Å². The van der Waals surface area contributed by atoms with Crippen molar-refractivity contribution in [2.75, 3.05) is 0 Å². The summed E-state index contributed by atoms with van der Waals surface area (Å²) in [4.78, 5) is 16.2. The summed E-state index contributed by atoms with van der Waals surface area (Å²) in [5.41, 5.74) is 0. The molecule has 0 aromatic heterocycles. The zero-order chi connectivity index (χ0) is 4.71. The SMILES string of the molecule is O=C=O.[H-].[Li+].[O]=[Ni]. The van der Waals surface area contributed by atoms with Crippen molar-refractivity contribution in [3.63, 3.8) is 0 Å². The third kappa shape index (κ3) is 623. The van der Waals surface area contributed by atoms with Crippen molar-refractivity contribution in [2.24, 2.45) is 0 Å². The van der Waals surface area contributed by atoms with Gasteiger partial charge in [0.05, 0.1) is 0 Å².